The zero-order valence-corrected chi connectivity index (χ0v) is 7.09. The van der Waals surface area contributed by atoms with Gasteiger partial charge in [-0.25, -0.2) is 0 Å². The molecule has 1 heteroatoms. The highest BCUT2D eigenvalue weighted by Crippen LogP contribution is 2.27. The lowest BCUT2D eigenvalue weighted by Crippen LogP contribution is -2.31. The summed E-state index contributed by atoms with van der Waals surface area (Å²) in [6, 6.07) is 0.302. The second-order valence-corrected chi connectivity index (χ2v) is 3.60. The van der Waals surface area contributed by atoms with Crippen molar-refractivity contribution in [3.8, 4) is 0 Å². The summed E-state index contributed by atoms with van der Waals surface area (Å²) in [6.07, 6.45) is 3.46. The summed E-state index contributed by atoms with van der Waals surface area (Å²) in [5.74, 6) is 1.41. The monoisotopic (exact) mass is 139 g/mol. The molecule has 0 aromatic carbocycles. The van der Waals surface area contributed by atoms with E-state index in [0.29, 0.717) is 12.0 Å². The van der Waals surface area contributed by atoms with Crippen molar-refractivity contribution in [3.63, 3.8) is 0 Å². The Hall–Kier alpha value is -0.300. The van der Waals surface area contributed by atoms with Crippen molar-refractivity contribution in [1.29, 1.82) is 0 Å². The van der Waals surface area contributed by atoms with E-state index >= 15 is 0 Å². The van der Waals surface area contributed by atoms with E-state index in [0.717, 1.165) is 5.92 Å². The molecule has 0 saturated heterocycles. The minimum atomic E-state index is 0.302. The van der Waals surface area contributed by atoms with E-state index in [9.17, 15) is 0 Å². The highest BCUT2D eigenvalue weighted by Gasteiger charge is 2.20. The normalized spacial score (nSPS) is 41.2. The molecular formula is C9H17N. The molecule has 0 fully saturated rings. The number of nitrogens with two attached hydrogens (primary N) is 1. The molecule has 1 nitrogen and oxygen atoms in total. The van der Waals surface area contributed by atoms with Crippen molar-refractivity contribution < 1.29 is 0 Å². The van der Waals surface area contributed by atoms with Gasteiger partial charge in [0.15, 0.2) is 0 Å². The molecule has 0 aliphatic heterocycles. The zero-order chi connectivity index (χ0) is 7.72. The van der Waals surface area contributed by atoms with Gasteiger partial charge in [-0.1, -0.05) is 25.5 Å². The van der Waals surface area contributed by atoms with Gasteiger partial charge >= 0.3 is 0 Å². The van der Waals surface area contributed by atoms with Crippen molar-refractivity contribution >= 4 is 0 Å². The second-order valence-electron chi connectivity index (χ2n) is 3.60. The molecule has 0 aromatic heterocycles. The molecule has 0 radical (unpaired) electrons. The Labute approximate surface area is 63.3 Å². The third-order valence-electron chi connectivity index (χ3n) is 2.62. The summed E-state index contributed by atoms with van der Waals surface area (Å²) in [7, 11) is 0. The minimum absolute atomic E-state index is 0.302. The Balaban J connectivity index is 2.69. The maximum atomic E-state index is 5.85. The summed E-state index contributed by atoms with van der Waals surface area (Å²) in [5.41, 5.74) is 7.32. The van der Waals surface area contributed by atoms with Gasteiger partial charge in [0.05, 0.1) is 0 Å². The van der Waals surface area contributed by atoms with Crippen LogP contribution in [-0.4, -0.2) is 6.04 Å². The lowest BCUT2D eigenvalue weighted by molar-refractivity contribution is 0.391. The van der Waals surface area contributed by atoms with E-state index in [2.05, 4.69) is 26.8 Å². The maximum absolute atomic E-state index is 5.85. The van der Waals surface area contributed by atoms with E-state index in [-0.39, 0.29) is 0 Å². The zero-order valence-electron chi connectivity index (χ0n) is 7.09. The van der Waals surface area contributed by atoms with Crippen LogP contribution in [0.1, 0.15) is 27.2 Å². The van der Waals surface area contributed by atoms with Crippen LogP contribution in [0.15, 0.2) is 11.6 Å². The van der Waals surface area contributed by atoms with Gasteiger partial charge in [0.25, 0.3) is 0 Å². The third-order valence-corrected chi connectivity index (χ3v) is 2.62. The van der Waals surface area contributed by atoms with Gasteiger partial charge in [-0.15, -0.1) is 0 Å². The molecule has 0 bridgehead atoms. The number of allylic oxidation sites excluding steroid dienone is 1. The van der Waals surface area contributed by atoms with Gasteiger partial charge in [0, 0.05) is 6.04 Å². The van der Waals surface area contributed by atoms with Crippen LogP contribution < -0.4 is 5.73 Å². The first-order chi connectivity index (χ1) is 4.61. The first-order valence-corrected chi connectivity index (χ1v) is 4.05. The first kappa shape index (κ1) is 7.80. The average molecular weight is 139 g/mol. The van der Waals surface area contributed by atoms with Gasteiger partial charge < -0.3 is 5.73 Å². The van der Waals surface area contributed by atoms with Crippen molar-refractivity contribution in [3.05, 3.63) is 11.6 Å². The maximum Gasteiger partial charge on any atom is 0.0252 e. The molecule has 0 saturated carbocycles. The smallest absolute Gasteiger partial charge is 0.0252 e. The van der Waals surface area contributed by atoms with Gasteiger partial charge in [-0.3, -0.25) is 0 Å². The number of hydrogen-bond donors (Lipinski definition) is 1. The van der Waals surface area contributed by atoms with E-state index in [4.69, 9.17) is 5.73 Å². The summed E-state index contributed by atoms with van der Waals surface area (Å²) in [6.45, 7) is 6.68. The highest BCUT2D eigenvalue weighted by molar-refractivity contribution is 5.12. The van der Waals surface area contributed by atoms with Crippen molar-refractivity contribution in [2.75, 3.05) is 0 Å². The molecular weight excluding hydrogens is 122 g/mol. The van der Waals surface area contributed by atoms with Crippen LogP contribution in [0, 0.1) is 11.8 Å². The summed E-state index contributed by atoms with van der Waals surface area (Å²) < 4.78 is 0. The molecule has 0 aromatic rings. The lowest BCUT2D eigenvalue weighted by atomic mass is 9.81. The predicted molar refractivity (Wildman–Crippen MR) is 44.7 cm³/mol. The largest absolute Gasteiger partial charge is 0.324 e. The van der Waals surface area contributed by atoms with Gasteiger partial charge in [0.2, 0.25) is 0 Å². The van der Waals surface area contributed by atoms with Crippen LogP contribution >= 0.6 is 0 Å². The Kier molecular flexibility index (Phi) is 2.14. The number of rotatable bonds is 0. The summed E-state index contributed by atoms with van der Waals surface area (Å²) in [5, 5.41) is 0. The lowest BCUT2D eigenvalue weighted by Gasteiger charge is -2.27. The molecule has 0 spiro atoms. The fourth-order valence-corrected chi connectivity index (χ4v) is 1.53. The van der Waals surface area contributed by atoms with Crippen molar-refractivity contribution in [2.45, 2.75) is 33.2 Å². The fraction of sp³-hybridized carbons (Fsp3) is 0.778. The van der Waals surface area contributed by atoms with E-state index in [1.165, 1.54) is 12.0 Å². The summed E-state index contributed by atoms with van der Waals surface area (Å²) in [4.78, 5) is 0. The predicted octanol–water partition coefficient (Wildman–Crippen LogP) is 1.94. The molecule has 3 unspecified atom stereocenters. The van der Waals surface area contributed by atoms with Crippen LogP contribution in [0.5, 0.6) is 0 Å². The van der Waals surface area contributed by atoms with E-state index in [1.54, 1.807) is 0 Å². The van der Waals surface area contributed by atoms with Gasteiger partial charge in [0.1, 0.15) is 0 Å². The van der Waals surface area contributed by atoms with Crippen LogP contribution in [0.3, 0.4) is 0 Å². The third kappa shape index (κ3) is 1.40. The van der Waals surface area contributed by atoms with E-state index in [1.807, 2.05) is 0 Å². The van der Waals surface area contributed by atoms with Crippen LogP contribution in [0.25, 0.3) is 0 Å². The first-order valence-electron chi connectivity index (χ1n) is 4.05. The standard InChI is InChI=1S/C9H17N/c1-6-4-8(3)9(10)5-7(6)2/h5-6,8-9H,4,10H2,1-3H3. The second kappa shape index (κ2) is 2.75. The molecule has 0 amide bonds. The highest BCUT2D eigenvalue weighted by atomic mass is 14.6. The SMILES string of the molecule is CC1=CC(N)C(C)CC1C. The Morgan fingerprint density at radius 2 is 2.10 bits per heavy atom. The Morgan fingerprint density at radius 3 is 2.60 bits per heavy atom. The average Bonchev–Trinajstić information content (AvgIpc) is 1.84. The Morgan fingerprint density at radius 1 is 1.50 bits per heavy atom. The van der Waals surface area contributed by atoms with Crippen molar-refractivity contribution in [1.82, 2.24) is 0 Å². The minimum Gasteiger partial charge on any atom is -0.324 e. The topological polar surface area (TPSA) is 26.0 Å². The van der Waals surface area contributed by atoms with Crippen molar-refractivity contribution in [2.24, 2.45) is 17.6 Å². The molecule has 3 atom stereocenters. The molecule has 2 N–H and O–H groups in total. The fourth-order valence-electron chi connectivity index (χ4n) is 1.53. The number of hydrogen-bond acceptors (Lipinski definition) is 1. The van der Waals surface area contributed by atoms with Crippen LogP contribution in [0.2, 0.25) is 0 Å². The summed E-state index contributed by atoms with van der Waals surface area (Å²) >= 11 is 0. The molecule has 1 rings (SSSR count). The molecule has 1 aliphatic rings. The van der Waals surface area contributed by atoms with Gasteiger partial charge in [-0.05, 0) is 25.2 Å². The molecule has 58 valence electrons. The van der Waals surface area contributed by atoms with Crippen LogP contribution in [-0.2, 0) is 0 Å². The van der Waals surface area contributed by atoms with Gasteiger partial charge in [-0.2, -0.15) is 0 Å². The van der Waals surface area contributed by atoms with Crippen LogP contribution in [0.4, 0.5) is 0 Å². The molecule has 0 heterocycles. The quantitative estimate of drug-likeness (QED) is 0.510. The van der Waals surface area contributed by atoms with E-state index < -0.39 is 0 Å². The Bertz CT molecular complexity index is 149. The molecule has 10 heavy (non-hydrogen) atoms. The molecule has 1 aliphatic carbocycles.